The van der Waals surface area contributed by atoms with Crippen molar-refractivity contribution in [1.29, 1.82) is 0 Å². The standard InChI is InChI=1S/C12H20ClN3O/c1-8(2)12-14-10(13)6-11(15-12)16(4)9(3)7-17-5/h6,8-9H,7H2,1-5H3. The predicted octanol–water partition coefficient (Wildman–Crippen LogP) is 2.72. The summed E-state index contributed by atoms with van der Waals surface area (Å²) < 4.78 is 5.14. The number of nitrogens with zero attached hydrogens (tertiary/aromatic N) is 3. The number of ether oxygens (including phenoxy) is 1. The van der Waals surface area contributed by atoms with Crippen LogP contribution in [0.1, 0.15) is 32.5 Å². The first-order valence-electron chi connectivity index (χ1n) is 5.72. The van der Waals surface area contributed by atoms with Crippen LogP contribution in [0.2, 0.25) is 5.15 Å². The van der Waals surface area contributed by atoms with Gasteiger partial charge in [0.2, 0.25) is 0 Å². The van der Waals surface area contributed by atoms with Gasteiger partial charge in [-0.2, -0.15) is 0 Å². The van der Waals surface area contributed by atoms with Crippen molar-refractivity contribution in [1.82, 2.24) is 9.97 Å². The topological polar surface area (TPSA) is 38.2 Å². The van der Waals surface area contributed by atoms with Gasteiger partial charge in [0.15, 0.2) is 0 Å². The first kappa shape index (κ1) is 14.2. The van der Waals surface area contributed by atoms with Gasteiger partial charge in [0.1, 0.15) is 16.8 Å². The second kappa shape index (κ2) is 6.17. The lowest BCUT2D eigenvalue weighted by atomic mass is 10.2. The van der Waals surface area contributed by atoms with Crippen LogP contribution in [0.25, 0.3) is 0 Å². The van der Waals surface area contributed by atoms with Crippen LogP contribution in [0.4, 0.5) is 5.82 Å². The number of hydrogen-bond donors (Lipinski definition) is 0. The Hall–Kier alpha value is -0.870. The molecule has 0 bridgehead atoms. The van der Waals surface area contributed by atoms with E-state index in [1.54, 1.807) is 13.2 Å². The normalized spacial score (nSPS) is 12.9. The molecule has 4 nitrogen and oxygen atoms in total. The molecule has 0 aromatic carbocycles. The first-order chi connectivity index (χ1) is 7.95. The number of methoxy groups -OCH3 is 1. The highest BCUT2D eigenvalue weighted by Gasteiger charge is 2.14. The summed E-state index contributed by atoms with van der Waals surface area (Å²) in [6.45, 7) is 6.83. The quantitative estimate of drug-likeness (QED) is 0.761. The number of likely N-dealkylation sites (N-methyl/N-ethyl adjacent to an activating group) is 1. The molecule has 96 valence electrons. The van der Waals surface area contributed by atoms with E-state index in [2.05, 4.69) is 16.9 Å². The van der Waals surface area contributed by atoms with Gasteiger partial charge in [-0.1, -0.05) is 25.4 Å². The summed E-state index contributed by atoms with van der Waals surface area (Å²) >= 11 is 6.01. The maximum Gasteiger partial charge on any atom is 0.135 e. The molecule has 0 saturated carbocycles. The number of aromatic nitrogens is 2. The van der Waals surface area contributed by atoms with Crippen molar-refractivity contribution < 1.29 is 4.74 Å². The van der Waals surface area contributed by atoms with Crippen molar-refractivity contribution >= 4 is 17.4 Å². The van der Waals surface area contributed by atoms with Crippen molar-refractivity contribution in [2.24, 2.45) is 0 Å². The Bertz CT molecular complexity index is 371. The molecule has 0 aliphatic heterocycles. The summed E-state index contributed by atoms with van der Waals surface area (Å²) in [5.41, 5.74) is 0. The highest BCUT2D eigenvalue weighted by molar-refractivity contribution is 6.29. The van der Waals surface area contributed by atoms with Crippen LogP contribution >= 0.6 is 11.6 Å². The molecule has 1 aromatic rings. The van der Waals surface area contributed by atoms with Gasteiger partial charge in [-0.05, 0) is 6.92 Å². The molecule has 0 amide bonds. The average molecular weight is 258 g/mol. The molecule has 1 rings (SSSR count). The summed E-state index contributed by atoms with van der Waals surface area (Å²) in [5.74, 6) is 1.86. The Morgan fingerprint density at radius 3 is 2.53 bits per heavy atom. The molecule has 0 spiro atoms. The van der Waals surface area contributed by atoms with Crippen molar-refractivity contribution in [3.8, 4) is 0 Å². The molecule has 5 heteroatoms. The minimum atomic E-state index is 0.242. The van der Waals surface area contributed by atoms with Gasteiger partial charge in [-0.3, -0.25) is 0 Å². The summed E-state index contributed by atoms with van der Waals surface area (Å²) in [5, 5.41) is 0.482. The van der Waals surface area contributed by atoms with E-state index < -0.39 is 0 Å². The third-order valence-corrected chi connectivity index (χ3v) is 2.84. The maximum absolute atomic E-state index is 6.01. The van der Waals surface area contributed by atoms with Crippen LogP contribution in [0.5, 0.6) is 0 Å². The fourth-order valence-electron chi connectivity index (χ4n) is 1.44. The fraction of sp³-hybridized carbons (Fsp3) is 0.667. The summed E-state index contributed by atoms with van der Waals surface area (Å²) in [7, 11) is 3.67. The molecule has 0 aliphatic carbocycles. The van der Waals surface area contributed by atoms with Crippen LogP contribution in [-0.2, 0) is 4.74 Å². The van der Waals surface area contributed by atoms with E-state index in [1.165, 1.54) is 0 Å². The van der Waals surface area contributed by atoms with Crippen molar-refractivity contribution in [2.75, 3.05) is 25.7 Å². The van der Waals surface area contributed by atoms with Crippen LogP contribution in [0.3, 0.4) is 0 Å². The zero-order valence-corrected chi connectivity index (χ0v) is 11.8. The average Bonchev–Trinajstić information content (AvgIpc) is 2.27. The highest BCUT2D eigenvalue weighted by atomic mass is 35.5. The van der Waals surface area contributed by atoms with Gasteiger partial charge in [-0.25, -0.2) is 9.97 Å². The van der Waals surface area contributed by atoms with Crippen LogP contribution in [-0.4, -0.2) is 36.8 Å². The van der Waals surface area contributed by atoms with Crippen molar-refractivity contribution in [3.05, 3.63) is 17.0 Å². The van der Waals surface area contributed by atoms with Gasteiger partial charge < -0.3 is 9.64 Å². The van der Waals surface area contributed by atoms with E-state index in [1.807, 2.05) is 25.8 Å². The van der Waals surface area contributed by atoms with Crippen LogP contribution < -0.4 is 4.90 Å². The Balaban J connectivity index is 2.96. The number of halogens is 1. The summed E-state index contributed by atoms with van der Waals surface area (Å²) in [6, 6.07) is 2.02. The third kappa shape index (κ3) is 3.82. The van der Waals surface area contributed by atoms with E-state index in [0.29, 0.717) is 11.8 Å². The Morgan fingerprint density at radius 2 is 2.00 bits per heavy atom. The van der Waals surface area contributed by atoms with E-state index >= 15 is 0 Å². The van der Waals surface area contributed by atoms with Gasteiger partial charge in [0.25, 0.3) is 0 Å². The molecule has 1 heterocycles. The maximum atomic E-state index is 6.01. The zero-order valence-electron chi connectivity index (χ0n) is 11.1. The van der Waals surface area contributed by atoms with E-state index in [4.69, 9.17) is 16.3 Å². The van der Waals surface area contributed by atoms with Gasteiger partial charge in [-0.15, -0.1) is 0 Å². The second-order valence-electron chi connectivity index (χ2n) is 4.48. The molecule has 0 radical (unpaired) electrons. The number of rotatable bonds is 5. The molecule has 0 aliphatic rings. The molecule has 0 fully saturated rings. The largest absolute Gasteiger partial charge is 0.383 e. The summed E-state index contributed by atoms with van der Waals surface area (Å²) in [4.78, 5) is 10.8. The molecule has 1 unspecified atom stereocenters. The Kier molecular flexibility index (Phi) is 5.15. The van der Waals surface area contributed by atoms with Crippen molar-refractivity contribution in [2.45, 2.75) is 32.7 Å². The van der Waals surface area contributed by atoms with Crippen LogP contribution in [0, 0.1) is 0 Å². The predicted molar refractivity (Wildman–Crippen MR) is 70.9 cm³/mol. The first-order valence-corrected chi connectivity index (χ1v) is 6.09. The lowest BCUT2D eigenvalue weighted by Crippen LogP contribution is -2.33. The minimum Gasteiger partial charge on any atom is -0.383 e. The monoisotopic (exact) mass is 257 g/mol. The van der Waals surface area contributed by atoms with Gasteiger partial charge in [0.05, 0.1) is 12.6 Å². The molecular weight excluding hydrogens is 238 g/mol. The van der Waals surface area contributed by atoms with Crippen LogP contribution in [0.15, 0.2) is 6.07 Å². The van der Waals surface area contributed by atoms with Gasteiger partial charge >= 0.3 is 0 Å². The van der Waals surface area contributed by atoms with Gasteiger partial charge in [0, 0.05) is 26.1 Å². The number of hydrogen-bond acceptors (Lipinski definition) is 4. The molecule has 0 saturated heterocycles. The second-order valence-corrected chi connectivity index (χ2v) is 4.86. The Morgan fingerprint density at radius 1 is 1.35 bits per heavy atom. The lowest BCUT2D eigenvalue weighted by molar-refractivity contribution is 0.183. The Labute approximate surface area is 108 Å². The third-order valence-electron chi connectivity index (χ3n) is 2.65. The van der Waals surface area contributed by atoms with E-state index in [9.17, 15) is 0 Å². The molecule has 1 aromatic heterocycles. The lowest BCUT2D eigenvalue weighted by Gasteiger charge is -2.25. The summed E-state index contributed by atoms with van der Waals surface area (Å²) in [6.07, 6.45) is 0. The number of anilines is 1. The SMILES string of the molecule is COCC(C)N(C)c1cc(Cl)nc(C(C)C)n1. The molecular formula is C12H20ClN3O. The molecule has 0 N–H and O–H groups in total. The van der Waals surface area contributed by atoms with Crippen molar-refractivity contribution in [3.63, 3.8) is 0 Å². The smallest absolute Gasteiger partial charge is 0.135 e. The van der Waals surface area contributed by atoms with E-state index in [0.717, 1.165) is 11.6 Å². The fourth-order valence-corrected chi connectivity index (χ4v) is 1.62. The molecule has 1 atom stereocenters. The van der Waals surface area contributed by atoms with E-state index in [-0.39, 0.29) is 12.0 Å². The zero-order chi connectivity index (χ0) is 13.0. The minimum absolute atomic E-state index is 0.242. The highest BCUT2D eigenvalue weighted by Crippen LogP contribution is 2.20. The molecule has 17 heavy (non-hydrogen) atoms.